The summed E-state index contributed by atoms with van der Waals surface area (Å²) in [6.07, 6.45) is 11.8. The Bertz CT molecular complexity index is 756. The number of nitrogens with zero attached hydrogens (tertiary/aromatic N) is 4. The van der Waals surface area contributed by atoms with E-state index in [4.69, 9.17) is 4.98 Å². The molecular formula is C20H29N5OS. The van der Waals surface area contributed by atoms with Gasteiger partial charge in [-0.05, 0) is 25.7 Å². The van der Waals surface area contributed by atoms with Gasteiger partial charge in [-0.2, -0.15) is 5.10 Å². The lowest BCUT2D eigenvalue weighted by Crippen LogP contribution is -2.46. The monoisotopic (exact) mass is 387 g/mol. The summed E-state index contributed by atoms with van der Waals surface area (Å²) in [5.41, 5.74) is 2.09. The molecule has 0 spiro atoms. The molecule has 1 saturated carbocycles. The molecule has 3 heterocycles. The van der Waals surface area contributed by atoms with Crippen LogP contribution in [0.5, 0.6) is 0 Å². The van der Waals surface area contributed by atoms with E-state index in [1.54, 1.807) is 16.0 Å². The van der Waals surface area contributed by atoms with Crippen LogP contribution in [-0.4, -0.2) is 44.7 Å². The van der Waals surface area contributed by atoms with Gasteiger partial charge in [-0.15, -0.1) is 11.3 Å². The van der Waals surface area contributed by atoms with Crippen LogP contribution in [0.15, 0.2) is 17.8 Å². The van der Waals surface area contributed by atoms with Crippen molar-refractivity contribution in [2.45, 2.75) is 57.5 Å². The van der Waals surface area contributed by atoms with Crippen LogP contribution in [-0.2, 0) is 18.4 Å². The predicted molar refractivity (Wildman–Crippen MR) is 107 cm³/mol. The molecule has 2 aromatic heterocycles. The van der Waals surface area contributed by atoms with Crippen LogP contribution < -0.4 is 5.32 Å². The van der Waals surface area contributed by atoms with E-state index in [2.05, 4.69) is 20.7 Å². The van der Waals surface area contributed by atoms with Crippen molar-refractivity contribution in [3.05, 3.63) is 22.8 Å². The van der Waals surface area contributed by atoms with Crippen molar-refractivity contribution in [3.8, 4) is 11.3 Å². The summed E-state index contributed by atoms with van der Waals surface area (Å²) in [5.74, 6) is 0.562. The zero-order valence-electron chi connectivity index (χ0n) is 16.1. The lowest BCUT2D eigenvalue weighted by molar-refractivity contribution is -0.127. The van der Waals surface area contributed by atoms with Gasteiger partial charge in [0.05, 0.1) is 18.4 Å². The molecule has 2 aromatic rings. The van der Waals surface area contributed by atoms with Gasteiger partial charge in [-0.25, -0.2) is 4.98 Å². The highest BCUT2D eigenvalue weighted by molar-refractivity contribution is 7.09. The Morgan fingerprint density at radius 2 is 2.00 bits per heavy atom. The molecule has 6 nitrogen and oxygen atoms in total. The zero-order chi connectivity index (χ0) is 18.6. The first-order chi connectivity index (χ1) is 13.2. The fourth-order valence-corrected chi connectivity index (χ4v) is 5.02. The van der Waals surface area contributed by atoms with E-state index in [1.165, 1.54) is 19.3 Å². The molecule has 0 radical (unpaired) electrons. The van der Waals surface area contributed by atoms with Crippen molar-refractivity contribution in [2.75, 3.05) is 13.1 Å². The lowest BCUT2D eigenvalue weighted by Gasteiger charge is -2.33. The van der Waals surface area contributed by atoms with Gasteiger partial charge in [0.1, 0.15) is 5.01 Å². The number of carbonyl (C=O) groups is 1. The molecule has 27 heavy (non-hydrogen) atoms. The number of aryl methyl sites for hydroxylation is 1. The fourth-order valence-electron chi connectivity index (χ4n) is 4.18. The van der Waals surface area contributed by atoms with Crippen LogP contribution in [0.25, 0.3) is 11.3 Å². The quantitative estimate of drug-likeness (QED) is 0.856. The van der Waals surface area contributed by atoms with Gasteiger partial charge in [-0.3, -0.25) is 14.4 Å². The molecule has 1 saturated heterocycles. The van der Waals surface area contributed by atoms with Crippen molar-refractivity contribution in [2.24, 2.45) is 13.0 Å². The first-order valence-electron chi connectivity index (χ1n) is 10.1. The predicted octanol–water partition coefficient (Wildman–Crippen LogP) is 3.20. The average molecular weight is 388 g/mol. The van der Waals surface area contributed by atoms with Crippen LogP contribution in [0.1, 0.15) is 50.0 Å². The second-order valence-electron chi connectivity index (χ2n) is 7.92. The third kappa shape index (κ3) is 4.76. The highest BCUT2D eigenvalue weighted by Gasteiger charge is 2.26. The number of hydrogen-bond acceptors (Lipinski definition) is 5. The van der Waals surface area contributed by atoms with E-state index in [-0.39, 0.29) is 5.92 Å². The van der Waals surface area contributed by atoms with E-state index in [0.29, 0.717) is 11.9 Å². The van der Waals surface area contributed by atoms with Gasteiger partial charge in [0.25, 0.3) is 0 Å². The Morgan fingerprint density at radius 3 is 2.70 bits per heavy atom. The first kappa shape index (κ1) is 18.6. The number of rotatable bonds is 5. The van der Waals surface area contributed by atoms with Gasteiger partial charge in [0, 0.05) is 49.2 Å². The second kappa shape index (κ2) is 8.52. The largest absolute Gasteiger partial charge is 0.353 e. The van der Waals surface area contributed by atoms with Crippen molar-refractivity contribution < 1.29 is 4.79 Å². The highest BCUT2D eigenvalue weighted by Crippen LogP contribution is 2.25. The summed E-state index contributed by atoms with van der Waals surface area (Å²) in [5, 5.41) is 10.8. The summed E-state index contributed by atoms with van der Waals surface area (Å²) in [6.45, 7) is 2.95. The molecule has 1 aliphatic heterocycles. The number of nitrogens with one attached hydrogen (secondary N) is 1. The molecule has 1 aliphatic carbocycles. The third-order valence-electron chi connectivity index (χ3n) is 5.82. The summed E-state index contributed by atoms with van der Waals surface area (Å²) >= 11 is 1.72. The van der Waals surface area contributed by atoms with Gasteiger partial charge in [0.2, 0.25) is 5.91 Å². The second-order valence-corrected chi connectivity index (χ2v) is 8.87. The minimum absolute atomic E-state index is 0.262. The number of likely N-dealkylation sites (tertiary alicyclic amines) is 1. The van der Waals surface area contributed by atoms with Crippen LogP contribution >= 0.6 is 11.3 Å². The average Bonchev–Trinajstić information content (AvgIpc) is 3.33. The molecular weight excluding hydrogens is 358 g/mol. The minimum Gasteiger partial charge on any atom is -0.353 e. The molecule has 0 atom stereocenters. The van der Waals surface area contributed by atoms with Gasteiger partial charge in [-0.1, -0.05) is 19.3 Å². The van der Waals surface area contributed by atoms with Crippen molar-refractivity contribution in [1.29, 1.82) is 0 Å². The Labute approximate surface area is 165 Å². The maximum absolute atomic E-state index is 12.4. The highest BCUT2D eigenvalue weighted by atomic mass is 32.1. The van der Waals surface area contributed by atoms with E-state index < -0.39 is 0 Å². The fraction of sp³-hybridized carbons (Fsp3) is 0.650. The Balaban J connectivity index is 1.24. The summed E-state index contributed by atoms with van der Waals surface area (Å²) < 4.78 is 1.81. The van der Waals surface area contributed by atoms with E-state index in [0.717, 1.165) is 61.6 Å². The zero-order valence-corrected chi connectivity index (χ0v) is 16.9. The third-order valence-corrected chi connectivity index (χ3v) is 6.65. The Kier molecular flexibility index (Phi) is 5.88. The Hall–Kier alpha value is -1.73. The normalized spacial score (nSPS) is 20.0. The van der Waals surface area contributed by atoms with Crippen LogP contribution in [0.3, 0.4) is 0 Å². The van der Waals surface area contributed by atoms with E-state index >= 15 is 0 Å². The van der Waals surface area contributed by atoms with Gasteiger partial charge < -0.3 is 5.32 Å². The maximum Gasteiger partial charge on any atom is 0.223 e. The molecule has 2 fully saturated rings. The molecule has 1 N–H and O–H groups in total. The number of carbonyl (C=O) groups excluding carboxylic acids is 1. The number of hydrogen-bond donors (Lipinski definition) is 1. The van der Waals surface area contributed by atoms with Crippen molar-refractivity contribution in [3.63, 3.8) is 0 Å². The standard InChI is InChI=1S/C20H29N5OS/c1-24-12-16(11-21-24)18-14-27-19(23-18)13-25-9-7-17(8-10-25)22-20(26)15-5-3-2-4-6-15/h11-12,14-15,17H,2-10,13H2,1H3,(H,22,26). The minimum atomic E-state index is 0.262. The van der Waals surface area contributed by atoms with Gasteiger partial charge >= 0.3 is 0 Å². The molecule has 0 unspecified atom stereocenters. The van der Waals surface area contributed by atoms with Crippen molar-refractivity contribution >= 4 is 17.2 Å². The number of amides is 1. The maximum atomic E-state index is 12.4. The van der Waals surface area contributed by atoms with Crippen molar-refractivity contribution in [1.82, 2.24) is 25.0 Å². The molecule has 7 heteroatoms. The number of thiazole rings is 1. The molecule has 2 aliphatic rings. The Morgan fingerprint density at radius 1 is 1.22 bits per heavy atom. The lowest BCUT2D eigenvalue weighted by atomic mass is 9.88. The van der Waals surface area contributed by atoms with E-state index in [9.17, 15) is 4.79 Å². The molecule has 1 amide bonds. The SMILES string of the molecule is Cn1cc(-c2csc(CN3CCC(NC(=O)C4CCCCC4)CC3)n2)cn1. The summed E-state index contributed by atoms with van der Waals surface area (Å²) in [6, 6.07) is 0.345. The number of piperidine rings is 1. The molecule has 4 rings (SSSR count). The summed E-state index contributed by atoms with van der Waals surface area (Å²) in [4.78, 5) is 19.7. The van der Waals surface area contributed by atoms with Crippen LogP contribution in [0.4, 0.5) is 0 Å². The van der Waals surface area contributed by atoms with Gasteiger partial charge in [0.15, 0.2) is 0 Å². The van der Waals surface area contributed by atoms with Crippen LogP contribution in [0.2, 0.25) is 0 Å². The van der Waals surface area contributed by atoms with Crippen LogP contribution in [0, 0.1) is 5.92 Å². The smallest absolute Gasteiger partial charge is 0.223 e. The summed E-state index contributed by atoms with van der Waals surface area (Å²) in [7, 11) is 1.92. The topological polar surface area (TPSA) is 63.0 Å². The van der Waals surface area contributed by atoms with E-state index in [1.807, 2.05) is 19.4 Å². The molecule has 0 aromatic carbocycles. The molecule has 146 valence electrons. The molecule has 0 bridgehead atoms. The number of aromatic nitrogens is 3. The first-order valence-corrected chi connectivity index (χ1v) is 11.0.